The van der Waals surface area contributed by atoms with Crippen LogP contribution in [0.5, 0.6) is 0 Å². The second-order valence-corrected chi connectivity index (χ2v) is 5.20. The van der Waals surface area contributed by atoms with E-state index >= 15 is 0 Å². The van der Waals surface area contributed by atoms with E-state index in [-0.39, 0.29) is 0 Å². The van der Waals surface area contributed by atoms with Gasteiger partial charge in [0.15, 0.2) is 0 Å². The molecule has 3 atom stereocenters. The first-order valence-corrected chi connectivity index (χ1v) is 7.08. The molecule has 1 N–H and O–H groups in total. The molecule has 1 unspecified atom stereocenters. The van der Waals surface area contributed by atoms with Crippen LogP contribution in [0.2, 0.25) is 0 Å². The SMILES string of the molecule is CCCCC[C@@H]1C[C@@H]1CC/C=C\C#CC(C)O. The molecule has 1 fully saturated rings. The molecule has 0 saturated heterocycles. The molecule has 0 spiro atoms. The largest absolute Gasteiger partial charge is 0.381 e. The van der Waals surface area contributed by atoms with Crippen molar-refractivity contribution in [2.24, 2.45) is 11.8 Å². The molecule has 0 aromatic heterocycles. The number of aliphatic hydroxyl groups is 1. The lowest BCUT2D eigenvalue weighted by molar-refractivity contribution is 0.253. The average Bonchev–Trinajstić information content (AvgIpc) is 3.02. The van der Waals surface area contributed by atoms with E-state index in [4.69, 9.17) is 5.11 Å². The summed E-state index contributed by atoms with van der Waals surface area (Å²) in [5.41, 5.74) is 0. The fourth-order valence-corrected chi connectivity index (χ4v) is 2.30. The second kappa shape index (κ2) is 8.37. The van der Waals surface area contributed by atoms with Crippen LogP contribution in [0.15, 0.2) is 12.2 Å². The topological polar surface area (TPSA) is 20.2 Å². The monoisotopic (exact) mass is 234 g/mol. The summed E-state index contributed by atoms with van der Waals surface area (Å²) in [7, 11) is 0. The van der Waals surface area contributed by atoms with E-state index in [1.807, 2.05) is 6.08 Å². The Bertz CT molecular complexity index is 280. The van der Waals surface area contributed by atoms with Crippen LogP contribution in [0.1, 0.15) is 58.8 Å². The lowest BCUT2D eigenvalue weighted by Gasteiger charge is -1.97. The molecule has 0 heterocycles. The van der Waals surface area contributed by atoms with Crippen LogP contribution in [-0.4, -0.2) is 11.2 Å². The summed E-state index contributed by atoms with van der Waals surface area (Å²) in [5.74, 6) is 7.58. The van der Waals surface area contributed by atoms with Gasteiger partial charge in [-0.3, -0.25) is 0 Å². The van der Waals surface area contributed by atoms with Gasteiger partial charge in [0.2, 0.25) is 0 Å². The zero-order valence-corrected chi connectivity index (χ0v) is 11.3. The van der Waals surface area contributed by atoms with Crippen LogP contribution in [0.3, 0.4) is 0 Å². The van der Waals surface area contributed by atoms with Crippen LogP contribution in [-0.2, 0) is 0 Å². The van der Waals surface area contributed by atoms with E-state index < -0.39 is 6.10 Å². The maximum absolute atomic E-state index is 8.94. The van der Waals surface area contributed by atoms with Crippen LogP contribution in [0, 0.1) is 23.7 Å². The number of hydrogen-bond donors (Lipinski definition) is 1. The van der Waals surface area contributed by atoms with E-state index in [0.717, 1.165) is 18.3 Å². The minimum absolute atomic E-state index is 0.508. The zero-order valence-electron chi connectivity index (χ0n) is 11.3. The van der Waals surface area contributed by atoms with Gasteiger partial charge in [-0.15, -0.1) is 0 Å². The van der Waals surface area contributed by atoms with Crippen molar-refractivity contribution in [2.45, 2.75) is 64.9 Å². The lowest BCUT2D eigenvalue weighted by Crippen LogP contribution is -1.91. The normalized spacial score (nSPS) is 24.4. The molecule has 1 rings (SSSR count). The van der Waals surface area contributed by atoms with Crippen LogP contribution in [0.4, 0.5) is 0 Å². The van der Waals surface area contributed by atoms with Gasteiger partial charge < -0.3 is 5.11 Å². The van der Waals surface area contributed by atoms with Crippen LogP contribution in [0.25, 0.3) is 0 Å². The fourth-order valence-electron chi connectivity index (χ4n) is 2.30. The van der Waals surface area contributed by atoms with Gasteiger partial charge in [0.25, 0.3) is 0 Å². The van der Waals surface area contributed by atoms with E-state index in [2.05, 4.69) is 24.8 Å². The zero-order chi connectivity index (χ0) is 12.5. The molecule has 17 heavy (non-hydrogen) atoms. The molecular weight excluding hydrogens is 208 g/mol. The quantitative estimate of drug-likeness (QED) is 0.523. The summed E-state index contributed by atoms with van der Waals surface area (Å²) >= 11 is 0. The summed E-state index contributed by atoms with van der Waals surface area (Å²) in [6.07, 6.45) is 13.0. The molecule has 0 aliphatic heterocycles. The Kier molecular flexibility index (Phi) is 7.05. The molecule has 0 radical (unpaired) electrons. The third-order valence-electron chi connectivity index (χ3n) is 3.45. The fraction of sp³-hybridized carbons (Fsp3) is 0.750. The summed E-state index contributed by atoms with van der Waals surface area (Å²) < 4.78 is 0. The maximum atomic E-state index is 8.94. The predicted molar refractivity (Wildman–Crippen MR) is 73.6 cm³/mol. The first-order chi connectivity index (χ1) is 8.24. The summed E-state index contributed by atoms with van der Waals surface area (Å²) in [6.45, 7) is 3.95. The van der Waals surface area contributed by atoms with E-state index in [1.54, 1.807) is 6.92 Å². The smallest absolute Gasteiger partial charge is 0.112 e. The van der Waals surface area contributed by atoms with E-state index in [1.165, 1.54) is 38.5 Å². The Labute approximate surface area is 106 Å². The highest BCUT2D eigenvalue weighted by Gasteiger charge is 2.34. The molecule has 0 bridgehead atoms. The van der Waals surface area contributed by atoms with Crippen molar-refractivity contribution >= 4 is 0 Å². The molecule has 1 nitrogen and oxygen atoms in total. The highest BCUT2D eigenvalue weighted by Crippen LogP contribution is 2.45. The Morgan fingerprint density at radius 1 is 1.29 bits per heavy atom. The van der Waals surface area contributed by atoms with Crippen molar-refractivity contribution in [3.05, 3.63) is 12.2 Å². The van der Waals surface area contributed by atoms with Gasteiger partial charge in [-0.25, -0.2) is 0 Å². The van der Waals surface area contributed by atoms with E-state index in [9.17, 15) is 0 Å². The number of allylic oxidation sites excluding steroid dienone is 2. The number of hydrogen-bond acceptors (Lipinski definition) is 1. The van der Waals surface area contributed by atoms with Crippen molar-refractivity contribution in [3.63, 3.8) is 0 Å². The Hall–Kier alpha value is -0.740. The van der Waals surface area contributed by atoms with Gasteiger partial charge in [-0.1, -0.05) is 50.5 Å². The summed E-state index contributed by atoms with van der Waals surface area (Å²) in [6, 6.07) is 0. The molecule has 0 aromatic rings. The van der Waals surface area contributed by atoms with Gasteiger partial charge >= 0.3 is 0 Å². The minimum Gasteiger partial charge on any atom is -0.381 e. The van der Waals surface area contributed by atoms with Gasteiger partial charge in [0.1, 0.15) is 6.10 Å². The van der Waals surface area contributed by atoms with Crippen molar-refractivity contribution in [2.75, 3.05) is 0 Å². The Balaban J connectivity index is 1.97. The average molecular weight is 234 g/mol. The van der Waals surface area contributed by atoms with Gasteiger partial charge in [0, 0.05) is 0 Å². The molecule has 96 valence electrons. The standard InChI is InChI=1S/C16H26O/c1-3-4-7-11-15-13-16(15)12-9-6-5-8-10-14(2)17/h5-6,14-17H,3-4,7,9,11-13H2,1-2H3/b6-5-/t14?,15-,16+/m1/s1. The molecule has 0 amide bonds. The predicted octanol–water partition coefficient (Wildman–Crippen LogP) is 3.92. The molecule has 0 aromatic carbocycles. The van der Waals surface area contributed by atoms with Crippen molar-refractivity contribution in [3.8, 4) is 11.8 Å². The molecule has 1 heteroatoms. The number of unbranched alkanes of at least 4 members (excludes halogenated alkanes) is 2. The molecule has 1 aliphatic rings. The first kappa shape index (κ1) is 14.3. The molecular formula is C16H26O. The maximum Gasteiger partial charge on any atom is 0.112 e. The van der Waals surface area contributed by atoms with Gasteiger partial charge in [0.05, 0.1) is 0 Å². The number of aliphatic hydroxyl groups excluding tert-OH is 1. The Morgan fingerprint density at radius 2 is 2.06 bits per heavy atom. The van der Waals surface area contributed by atoms with Crippen LogP contribution < -0.4 is 0 Å². The minimum atomic E-state index is -0.508. The van der Waals surface area contributed by atoms with Gasteiger partial charge in [-0.2, -0.15) is 0 Å². The third-order valence-corrected chi connectivity index (χ3v) is 3.45. The lowest BCUT2D eigenvalue weighted by atomic mass is 10.1. The highest BCUT2D eigenvalue weighted by atomic mass is 16.3. The molecule has 1 saturated carbocycles. The van der Waals surface area contributed by atoms with Crippen molar-refractivity contribution < 1.29 is 5.11 Å². The van der Waals surface area contributed by atoms with Crippen LogP contribution >= 0.6 is 0 Å². The van der Waals surface area contributed by atoms with Crippen molar-refractivity contribution in [1.29, 1.82) is 0 Å². The Morgan fingerprint density at radius 3 is 2.76 bits per heavy atom. The third kappa shape index (κ3) is 7.23. The summed E-state index contributed by atoms with van der Waals surface area (Å²) in [5, 5.41) is 8.94. The second-order valence-electron chi connectivity index (χ2n) is 5.20. The first-order valence-electron chi connectivity index (χ1n) is 7.08. The summed E-state index contributed by atoms with van der Waals surface area (Å²) in [4.78, 5) is 0. The highest BCUT2D eigenvalue weighted by molar-refractivity contribution is 5.17. The van der Waals surface area contributed by atoms with Crippen molar-refractivity contribution in [1.82, 2.24) is 0 Å². The van der Waals surface area contributed by atoms with Gasteiger partial charge in [-0.05, 0) is 44.1 Å². The molecule has 1 aliphatic carbocycles. The number of rotatable bonds is 7. The van der Waals surface area contributed by atoms with E-state index in [0.29, 0.717) is 0 Å².